The summed E-state index contributed by atoms with van der Waals surface area (Å²) in [5, 5.41) is 9.46. The summed E-state index contributed by atoms with van der Waals surface area (Å²) in [6.45, 7) is -0.782. The third kappa shape index (κ3) is 4.93. The van der Waals surface area contributed by atoms with Gasteiger partial charge in [-0.2, -0.15) is 13.2 Å². The van der Waals surface area contributed by atoms with Crippen molar-refractivity contribution in [1.82, 2.24) is 19.2 Å². The van der Waals surface area contributed by atoms with Gasteiger partial charge in [0.1, 0.15) is 16.5 Å². The number of benzene rings is 1. The van der Waals surface area contributed by atoms with E-state index in [0.29, 0.717) is 11.3 Å². The molecule has 2 amide bonds. The molecule has 3 aromatic rings. The van der Waals surface area contributed by atoms with E-state index in [4.69, 9.17) is 28.3 Å². The van der Waals surface area contributed by atoms with Crippen LogP contribution < -0.4 is 5.56 Å². The number of nitrogens with one attached hydrogen (secondary N) is 1. The van der Waals surface area contributed by atoms with E-state index in [1.165, 1.54) is 33.7 Å². The highest BCUT2D eigenvalue weighted by molar-refractivity contribution is 6.42. The zero-order valence-electron chi connectivity index (χ0n) is 18.3. The predicted molar refractivity (Wildman–Crippen MR) is 122 cm³/mol. The van der Waals surface area contributed by atoms with Gasteiger partial charge in [0.2, 0.25) is 6.10 Å². The number of alkyl halides is 3. The third-order valence-corrected chi connectivity index (χ3v) is 6.61. The Morgan fingerprint density at radius 3 is 2.36 bits per heavy atom. The average Bonchev–Trinajstić information content (AvgIpc) is 3.15. The Hall–Kier alpha value is -3.09. The van der Waals surface area contributed by atoms with Crippen LogP contribution in [0.1, 0.15) is 21.6 Å². The van der Waals surface area contributed by atoms with E-state index in [1.54, 1.807) is 0 Å². The molecule has 1 aliphatic heterocycles. The van der Waals surface area contributed by atoms with Crippen molar-refractivity contribution in [1.29, 1.82) is 0 Å². The van der Waals surface area contributed by atoms with E-state index in [1.807, 2.05) is 0 Å². The number of aromatic nitrogens is 2. The summed E-state index contributed by atoms with van der Waals surface area (Å²) >= 11 is 12.3. The first-order valence-electron chi connectivity index (χ1n) is 10.6. The molecule has 0 spiro atoms. The predicted octanol–water partition coefficient (Wildman–Crippen LogP) is 2.87. The van der Waals surface area contributed by atoms with Crippen molar-refractivity contribution < 1.29 is 32.3 Å². The minimum Gasteiger partial charge on any atom is -0.376 e. The summed E-state index contributed by atoms with van der Waals surface area (Å²) in [5.74, 6) is -3.01. The zero-order chi connectivity index (χ0) is 26.4. The molecule has 1 fully saturated rings. The summed E-state index contributed by atoms with van der Waals surface area (Å²) in [5.41, 5.74) is 0.560. The van der Waals surface area contributed by atoms with Gasteiger partial charge in [0, 0.05) is 44.5 Å². The third-order valence-electron chi connectivity index (χ3n) is 5.86. The molecular weight excluding hydrogens is 531 g/mol. The molecule has 2 aromatic heterocycles. The molecule has 14 heteroatoms. The summed E-state index contributed by atoms with van der Waals surface area (Å²) < 4.78 is 53.8. The molecule has 36 heavy (non-hydrogen) atoms. The fourth-order valence-electron chi connectivity index (χ4n) is 3.99. The molecule has 8 nitrogen and oxygen atoms in total. The number of H-pyrrole nitrogens is 1. The molecule has 192 valence electrons. The maximum absolute atomic E-state index is 14.6. The van der Waals surface area contributed by atoms with E-state index in [-0.39, 0.29) is 53.9 Å². The Morgan fingerprint density at radius 2 is 1.72 bits per heavy atom. The van der Waals surface area contributed by atoms with Crippen LogP contribution in [0.3, 0.4) is 0 Å². The van der Waals surface area contributed by atoms with Crippen molar-refractivity contribution in [3.63, 3.8) is 0 Å². The van der Waals surface area contributed by atoms with Crippen molar-refractivity contribution in [2.24, 2.45) is 0 Å². The van der Waals surface area contributed by atoms with Crippen molar-refractivity contribution in [2.75, 3.05) is 26.2 Å². The number of amides is 2. The molecule has 1 unspecified atom stereocenters. The summed E-state index contributed by atoms with van der Waals surface area (Å²) in [6.07, 6.45) is -6.66. The van der Waals surface area contributed by atoms with Crippen molar-refractivity contribution in [2.45, 2.75) is 18.7 Å². The van der Waals surface area contributed by atoms with Crippen molar-refractivity contribution in [3.8, 4) is 0 Å². The summed E-state index contributed by atoms with van der Waals surface area (Å²) in [6, 6.07) is 5.30. The fourth-order valence-corrected chi connectivity index (χ4v) is 4.43. The van der Waals surface area contributed by atoms with Crippen molar-refractivity contribution in [3.05, 3.63) is 73.6 Å². The Bertz CT molecular complexity index is 1400. The van der Waals surface area contributed by atoms with Gasteiger partial charge in [0.25, 0.3) is 17.4 Å². The Morgan fingerprint density at radius 1 is 1.08 bits per heavy atom. The first kappa shape index (κ1) is 26.0. The molecule has 1 atom stereocenters. The number of piperazine rings is 1. The van der Waals surface area contributed by atoms with Crippen LogP contribution in [0.4, 0.5) is 17.6 Å². The summed E-state index contributed by atoms with van der Waals surface area (Å²) in [7, 11) is 0. The summed E-state index contributed by atoms with van der Waals surface area (Å²) in [4.78, 5) is 41.5. The van der Waals surface area contributed by atoms with Crippen LogP contribution in [0.5, 0.6) is 0 Å². The van der Waals surface area contributed by atoms with E-state index in [0.717, 1.165) is 11.0 Å². The van der Waals surface area contributed by atoms with Crippen LogP contribution in [0, 0.1) is 5.82 Å². The van der Waals surface area contributed by atoms with E-state index in [9.17, 15) is 31.9 Å². The van der Waals surface area contributed by atoms with Crippen molar-refractivity contribution >= 4 is 40.5 Å². The first-order valence-corrected chi connectivity index (χ1v) is 11.3. The standard InChI is InChI=1S/C22H18Cl2F4N4O4/c23-14-9-16-19(34)29-10-12(32(16)18(14)24)7-11-1-2-15(25)13(8-11)20(35)30-3-5-31(6-4-30)21(36)17(33)22(26,27)28/h1-2,8-10,17,33H,3-7H2,(H,29,34). The number of halogens is 6. The molecule has 4 rings (SSSR count). The largest absolute Gasteiger partial charge is 0.423 e. The highest BCUT2D eigenvalue weighted by Crippen LogP contribution is 2.27. The lowest BCUT2D eigenvalue weighted by molar-refractivity contribution is -0.211. The van der Waals surface area contributed by atoms with Gasteiger partial charge in [0.05, 0.1) is 10.6 Å². The van der Waals surface area contributed by atoms with Gasteiger partial charge in [-0.3, -0.25) is 18.8 Å². The lowest BCUT2D eigenvalue weighted by Crippen LogP contribution is -2.55. The number of aliphatic hydroxyl groups excluding tert-OH is 1. The topological polar surface area (TPSA) is 98.1 Å². The van der Waals surface area contributed by atoms with Crippen LogP contribution >= 0.6 is 23.2 Å². The molecule has 1 aromatic carbocycles. The molecular formula is C22H18Cl2F4N4O4. The number of hydrogen-bond donors (Lipinski definition) is 2. The van der Waals surface area contributed by atoms with Gasteiger partial charge in [-0.1, -0.05) is 29.3 Å². The number of hydrogen-bond acceptors (Lipinski definition) is 4. The van der Waals surface area contributed by atoms with Crippen LogP contribution in [0.2, 0.25) is 10.2 Å². The second-order valence-electron chi connectivity index (χ2n) is 8.17. The normalized spacial score (nSPS) is 15.4. The maximum atomic E-state index is 14.6. The molecule has 0 radical (unpaired) electrons. The minimum atomic E-state index is -5.10. The fraction of sp³-hybridized carbons (Fsp3) is 0.318. The number of aliphatic hydroxyl groups is 1. The number of carbonyl (C=O) groups is 2. The number of rotatable bonds is 4. The molecule has 3 heterocycles. The van der Waals surface area contributed by atoms with Gasteiger partial charge >= 0.3 is 6.18 Å². The molecule has 0 saturated carbocycles. The molecule has 1 aliphatic rings. The van der Waals surface area contributed by atoms with Gasteiger partial charge in [-0.05, 0) is 23.8 Å². The average molecular weight is 549 g/mol. The Labute approximate surface area is 210 Å². The first-order chi connectivity index (χ1) is 16.9. The van der Waals surface area contributed by atoms with Crippen LogP contribution in [0.15, 0.2) is 35.3 Å². The van der Waals surface area contributed by atoms with Gasteiger partial charge in [-0.25, -0.2) is 4.39 Å². The smallest absolute Gasteiger partial charge is 0.376 e. The zero-order valence-corrected chi connectivity index (χ0v) is 19.8. The molecule has 2 N–H and O–H groups in total. The Kier molecular flexibility index (Phi) is 7.04. The Balaban J connectivity index is 1.51. The number of fused-ring (bicyclic) bond motifs is 1. The van der Waals surface area contributed by atoms with Crippen LogP contribution in [-0.2, 0) is 11.2 Å². The van der Waals surface area contributed by atoms with Gasteiger partial charge < -0.3 is 19.9 Å². The number of nitrogens with zero attached hydrogens (tertiary/aromatic N) is 3. The highest BCUT2D eigenvalue weighted by atomic mass is 35.5. The second-order valence-corrected chi connectivity index (χ2v) is 8.93. The van der Waals surface area contributed by atoms with E-state index in [2.05, 4.69) is 4.98 Å². The maximum Gasteiger partial charge on any atom is 0.423 e. The lowest BCUT2D eigenvalue weighted by Gasteiger charge is -2.36. The van der Waals surface area contributed by atoms with Crippen LogP contribution in [0.25, 0.3) is 5.52 Å². The van der Waals surface area contributed by atoms with Gasteiger partial charge in [0.15, 0.2) is 0 Å². The van der Waals surface area contributed by atoms with E-state index < -0.39 is 35.5 Å². The second kappa shape index (κ2) is 9.75. The van der Waals surface area contributed by atoms with Crippen LogP contribution in [-0.4, -0.2) is 74.6 Å². The molecule has 0 aliphatic carbocycles. The van der Waals surface area contributed by atoms with E-state index >= 15 is 0 Å². The SMILES string of the molecule is O=C(c1cc(Cc2c[nH]c(=O)c3cc(Cl)c(Cl)n23)ccc1F)N1CCN(C(=O)C(O)C(F)(F)F)CC1. The monoisotopic (exact) mass is 548 g/mol. The lowest BCUT2D eigenvalue weighted by atomic mass is 10.0. The molecule has 1 saturated heterocycles. The quantitative estimate of drug-likeness (QED) is 0.490. The highest BCUT2D eigenvalue weighted by Gasteiger charge is 2.46. The minimum absolute atomic E-state index is 0.120. The number of carbonyl (C=O) groups excluding carboxylic acids is 2. The molecule has 0 bridgehead atoms. The number of aromatic amines is 1. The van der Waals surface area contributed by atoms with Gasteiger partial charge in [-0.15, -0.1) is 0 Å².